The lowest BCUT2D eigenvalue weighted by molar-refractivity contribution is -0.115. The number of rotatable bonds is 3. The lowest BCUT2D eigenvalue weighted by Crippen LogP contribution is -2.07. The zero-order chi connectivity index (χ0) is 9.84. The van der Waals surface area contributed by atoms with Crippen molar-refractivity contribution in [2.45, 2.75) is 26.2 Å². The minimum absolute atomic E-state index is 0.798. The van der Waals surface area contributed by atoms with Gasteiger partial charge in [-0.15, -0.1) is 0 Å². The number of halogens is 1. The summed E-state index contributed by atoms with van der Waals surface area (Å²) in [6.07, 6.45) is 6.15. The van der Waals surface area contributed by atoms with E-state index in [0.717, 1.165) is 17.3 Å². The molecule has 0 heterocycles. The molecule has 0 aromatic heterocycles. The first-order valence-corrected chi connectivity index (χ1v) is 5.18. The largest absolute Gasteiger partial charge is 0.324 e. The summed E-state index contributed by atoms with van der Waals surface area (Å²) in [5, 5.41) is 0. The Kier molecular flexibility index (Phi) is 3.72. The van der Waals surface area contributed by atoms with E-state index in [1.165, 1.54) is 28.9 Å². The van der Waals surface area contributed by atoms with Gasteiger partial charge in [0.1, 0.15) is 0 Å². The van der Waals surface area contributed by atoms with E-state index < -0.39 is 0 Å². The van der Waals surface area contributed by atoms with Crippen molar-refractivity contribution in [3.8, 4) is 0 Å². The standard InChI is InChI=1S/C10H14BrNO/c1-8-4-3-5-9(8)10(11)6-12(2)7-13/h6-7H,3-5H2,1-2H3/b10-6+. The first-order valence-electron chi connectivity index (χ1n) is 4.38. The molecular weight excluding hydrogens is 230 g/mol. The Labute approximate surface area is 87.4 Å². The minimum Gasteiger partial charge on any atom is -0.324 e. The smallest absolute Gasteiger partial charge is 0.213 e. The molecular formula is C10H14BrNO. The fraction of sp³-hybridized carbons (Fsp3) is 0.500. The summed E-state index contributed by atoms with van der Waals surface area (Å²) in [7, 11) is 1.74. The van der Waals surface area contributed by atoms with Crippen molar-refractivity contribution in [1.29, 1.82) is 0 Å². The zero-order valence-electron chi connectivity index (χ0n) is 8.01. The van der Waals surface area contributed by atoms with Gasteiger partial charge in [-0.25, -0.2) is 0 Å². The second kappa shape index (κ2) is 4.61. The van der Waals surface area contributed by atoms with E-state index >= 15 is 0 Å². The van der Waals surface area contributed by atoms with Crippen LogP contribution in [0.1, 0.15) is 26.2 Å². The van der Waals surface area contributed by atoms with Crippen LogP contribution in [-0.4, -0.2) is 18.4 Å². The van der Waals surface area contributed by atoms with E-state index in [1.807, 2.05) is 6.20 Å². The van der Waals surface area contributed by atoms with E-state index in [-0.39, 0.29) is 0 Å². The van der Waals surface area contributed by atoms with Crippen LogP contribution < -0.4 is 0 Å². The average molecular weight is 244 g/mol. The lowest BCUT2D eigenvalue weighted by Gasteiger charge is -2.07. The molecule has 3 heteroatoms. The minimum atomic E-state index is 0.798. The second-order valence-corrected chi connectivity index (χ2v) is 4.21. The summed E-state index contributed by atoms with van der Waals surface area (Å²) in [4.78, 5) is 11.9. The van der Waals surface area contributed by atoms with Crippen molar-refractivity contribution in [2.24, 2.45) is 0 Å². The molecule has 0 aliphatic heterocycles. The zero-order valence-corrected chi connectivity index (χ0v) is 9.60. The van der Waals surface area contributed by atoms with Crippen molar-refractivity contribution in [3.63, 3.8) is 0 Å². The molecule has 0 radical (unpaired) electrons. The quantitative estimate of drug-likeness (QED) is 0.699. The Morgan fingerprint density at radius 3 is 2.69 bits per heavy atom. The van der Waals surface area contributed by atoms with Gasteiger partial charge in [0.05, 0.1) is 0 Å². The Balaban J connectivity index is 2.77. The highest BCUT2D eigenvalue weighted by molar-refractivity contribution is 9.12. The van der Waals surface area contributed by atoms with Crippen LogP contribution in [0.5, 0.6) is 0 Å². The third-order valence-corrected chi connectivity index (χ3v) is 2.95. The molecule has 72 valence electrons. The van der Waals surface area contributed by atoms with Gasteiger partial charge in [-0.3, -0.25) is 4.79 Å². The Bertz CT molecular complexity index is 268. The molecule has 0 fully saturated rings. The van der Waals surface area contributed by atoms with Crippen molar-refractivity contribution in [3.05, 3.63) is 21.8 Å². The highest BCUT2D eigenvalue weighted by atomic mass is 79.9. The van der Waals surface area contributed by atoms with Gasteiger partial charge in [-0.2, -0.15) is 0 Å². The highest BCUT2D eigenvalue weighted by Crippen LogP contribution is 2.33. The predicted molar refractivity (Wildman–Crippen MR) is 57.4 cm³/mol. The lowest BCUT2D eigenvalue weighted by atomic mass is 10.2. The van der Waals surface area contributed by atoms with Gasteiger partial charge >= 0.3 is 0 Å². The van der Waals surface area contributed by atoms with Gasteiger partial charge in [0, 0.05) is 17.7 Å². The molecule has 0 bridgehead atoms. The summed E-state index contributed by atoms with van der Waals surface area (Å²) in [5.74, 6) is 0. The van der Waals surface area contributed by atoms with E-state index in [9.17, 15) is 4.79 Å². The van der Waals surface area contributed by atoms with Crippen LogP contribution in [0.25, 0.3) is 0 Å². The fourth-order valence-electron chi connectivity index (χ4n) is 1.51. The topological polar surface area (TPSA) is 20.3 Å². The molecule has 2 nitrogen and oxygen atoms in total. The molecule has 0 saturated carbocycles. The highest BCUT2D eigenvalue weighted by Gasteiger charge is 2.13. The number of amides is 1. The molecule has 13 heavy (non-hydrogen) atoms. The van der Waals surface area contributed by atoms with Crippen molar-refractivity contribution >= 4 is 22.3 Å². The summed E-state index contributed by atoms with van der Waals surface area (Å²) in [5.41, 5.74) is 2.79. The third-order valence-electron chi connectivity index (χ3n) is 2.27. The summed E-state index contributed by atoms with van der Waals surface area (Å²) in [6, 6.07) is 0. The maximum atomic E-state index is 10.4. The predicted octanol–water partition coefficient (Wildman–Crippen LogP) is 2.81. The molecule has 0 unspecified atom stereocenters. The van der Waals surface area contributed by atoms with E-state index in [1.54, 1.807) is 7.05 Å². The average Bonchev–Trinajstić information content (AvgIpc) is 2.51. The molecule has 0 aromatic rings. The van der Waals surface area contributed by atoms with Gasteiger partial charge in [-0.05, 0) is 47.7 Å². The maximum Gasteiger partial charge on any atom is 0.213 e. The maximum absolute atomic E-state index is 10.4. The van der Waals surface area contributed by atoms with Crippen molar-refractivity contribution in [1.82, 2.24) is 4.90 Å². The van der Waals surface area contributed by atoms with Crippen LogP contribution in [0.15, 0.2) is 21.8 Å². The molecule has 0 N–H and O–H groups in total. The summed E-state index contributed by atoms with van der Waals surface area (Å²) < 4.78 is 1.04. The molecule has 0 atom stereocenters. The number of allylic oxidation sites excluding steroid dienone is 3. The molecule has 0 spiro atoms. The van der Waals surface area contributed by atoms with Gasteiger partial charge in [0.15, 0.2) is 0 Å². The second-order valence-electron chi connectivity index (χ2n) is 3.36. The molecule has 0 aromatic carbocycles. The number of carbonyl (C=O) groups excluding carboxylic acids is 1. The van der Waals surface area contributed by atoms with Crippen LogP contribution in [0, 0.1) is 0 Å². The summed E-state index contributed by atoms with van der Waals surface area (Å²) >= 11 is 3.49. The molecule has 1 amide bonds. The van der Waals surface area contributed by atoms with Crippen molar-refractivity contribution < 1.29 is 4.79 Å². The monoisotopic (exact) mass is 243 g/mol. The summed E-state index contributed by atoms with van der Waals surface area (Å²) in [6.45, 7) is 2.15. The molecule has 1 rings (SSSR count). The molecule has 0 saturated heterocycles. The van der Waals surface area contributed by atoms with E-state index in [0.29, 0.717) is 0 Å². The fourth-order valence-corrected chi connectivity index (χ4v) is 2.36. The van der Waals surface area contributed by atoms with Crippen LogP contribution in [0.4, 0.5) is 0 Å². The van der Waals surface area contributed by atoms with Gasteiger partial charge in [0.2, 0.25) is 6.41 Å². The van der Waals surface area contributed by atoms with Gasteiger partial charge in [-0.1, -0.05) is 5.57 Å². The SMILES string of the molecule is CC1=C(/C(Br)=C\N(C)C=O)CCC1. The molecule has 1 aliphatic carbocycles. The van der Waals surface area contributed by atoms with Gasteiger partial charge in [0.25, 0.3) is 0 Å². The first kappa shape index (κ1) is 10.5. The normalized spacial score (nSPS) is 17.9. The number of hydrogen-bond donors (Lipinski definition) is 0. The number of carbonyl (C=O) groups is 1. The van der Waals surface area contributed by atoms with Crippen LogP contribution in [0.3, 0.4) is 0 Å². The number of nitrogens with zero attached hydrogens (tertiary/aromatic N) is 1. The van der Waals surface area contributed by atoms with Gasteiger partial charge < -0.3 is 4.90 Å². The van der Waals surface area contributed by atoms with E-state index in [2.05, 4.69) is 22.9 Å². The first-order chi connectivity index (χ1) is 6.15. The van der Waals surface area contributed by atoms with Crippen LogP contribution in [-0.2, 0) is 4.79 Å². The Hall–Kier alpha value is -0.570. The third kappa shape index (κ3) is 2.69. The number of hydrogen-bond acceptors (Lipinski definition) is 1. The Morgan fingerprint density at radius 1 is 1.54 bits per heavy atom. The Morgan fingerprint density at radius 2 is 2.23 bits per heavy atom. The van der Waals surface area contributed by atoms with E-state index in [4.69, 9.17) is 0 Å². The van der Waals surface area contributed by atoms with Crippen molar-refractivity contribution in [2.75, 3.05) is 7.05 Å². The van der Waals surface area contributed by atoms with Crippen LogP contribution >= 0.6 is 15.9 Å². The van der Waals surface area contributed by atoms with Crippen LogP contribution in [0.2, 0.25) is 0 Å². The molecule has 1 aliphatic rings.